The SMILES string of the molecule is Cc1cc(C)cc(CS(=O)Cc2ccc(Br)cc2N)c1. The number of nitrogens with two attached hydrogens (primary N) is 1. The molecule has 1 unspecified atom stereocenters. The summed E-state index contributed by atoms with van der Waals surface area (Å²) in [5.41, 5.74) is 11.1. The maximum Gasteiger partial charge on any atom is 0.0509 e. The van der Waals surface area contributed by atoms with Gasteiger partial charge in [-0.2, -0.15) is 0 Å². The average Bonchev–Trinajstić information content (AvgIpc) is 2.31. The monoisotopic (exact) mass is 351 g/mol. The third-order valence-corrected chi connectivity index (χ3v) is 4.82. The number of aryl methyl sites for hydroxylation is 2. The predicted molar refractivity (Wildman–Crippen MR) is 90.0 cm³/mol. The molecule has 0 fully saturated rings. The molecule has 0 aromatic heterocycles. The van der Waals surface area contributed by atoms with Crippen LogP contribution in [0.5, 0.6) is 0 Å². The molecular weight excluding hydrogens is 334 g/mol. The van der Waals surface area contributed by atoms with Gasteiger partial charge in [-0.1, -0.05) is 51.3 Å². The van der Waals surface area contributed by atoms with Gasteiger partial charge in [-0.15, -0.1) is 0 Å². The van der Waals surface area contributed by atoms with Gasteiger partial charge in [0.1, 0.15) is 0 Å². The Bertz CT molecular complexity index is 635. The Balaban J connectivity index is 2.09. The summed E-state index contributed by atoms with van der Waals surface area (Å²) in [4.78, 5) is 0. The van der Waals surface area contributed by atoms with Crippen LogP contribution in [-0.4, -0.2) is 4.21 Å². The van der Waals surface area contributed by atoms with Crippen molar-refractivity contribution in [3.05, 3.63) is 63.1 Å². The summed E-state index contributed by atoms with van der Waals surface area (Å²) >= 11 is 3.38. The molecule has 2 rings (SSSR count). The van der Waals surface area contributed by atoms with Gasteiger partial charge >= 0.3 is 0 Å². The van der Waals surface area contributed by atoms with Crippen LogP contribution in [0.25, 0.3) is 0 Å². The quantitative estimate of drug-likeness (QED) is 0.842. The van der Waals surface area contributed by atoms with Crippen LogP contribution in [0, 0.1) is 13.8 Å². The summed E-state index contributed by atoms with van der Waals surface area (Å²) < 4.78 is 13.2. The van der Waals surface area contributed by atoms with E-state index in [9.17, 15) is 4.21 Å². The molecule has 4 heteroatoms. The summed E-state index contributed by atoms with van der Waals surface area (Å²) in [5, 5.41) is 0. The van der Waals surface area contributed by atoms with E-state index in [-0.39, 0.29) is 0 Å². The number of benzene rings is 2. The molecule has 0 aliphatic heterocycles. The molecule has 2 aromatic carbocycles. The van der Waals surface area contributed by atoms with E-state index in [1.807, 2.05) is 18.2 Å². The normalized spacial score (nSPS) is 12.3. The molecule has 0 radical (unpaired) electrons. The van der Waals surface area contributed by atoms with Crippen LogP contribution in [0.2, 0.25) is 0 Å². The first-order chi connectivity index (χ1) is 9.44. The number of anilines is 1. The molecule has 0 aliphatic rings. The Hall–Kier alpha value is -1.13. The van der Waals surface area contributed by atoms with Crippen LogP contribution in [-0.2, 0) is 22.3 Å². The Kier molecular flexibility index (Phi) is 5.00. The third-order valence-electron chi connectivity index (χ3n) is 3.03. The summed E-state index contributed by atoms with van der Waals surface area (Å²) in [6, 6.07) is 12.0. The van der Waals surface area contributed by atoms with E-state index in [4.69, 9.17) is 5.73 Å². The van der Waals surface area contributed by atoms with Gasteiger partial charge < -0.3 is 5.73 Å². The van der Waals surface area contributed by atoms with Gasteiger partial charge in [0, 0.05) is 26.7 Å². The molecule has 2 nitrogen and oxygen atoms in total. The predicted octanol–water partition coefficient (Wildman–Crippen LogP) is 4.10. The first-order valence-corrected chi connectivity index (χ1v) is 8.68. The van der Waals surface area contributed by atoms with Crippen molar-refractivity contribution in [3.63, 3.8) is 0 Å². The maximum absolute atomic E-state index is 12.3. The van der Waals surface area contributed by atoms with E-state index in [2.05, 4.69) is 48.0 Å². The van der Waals surface area contributed by atoms with E-state index in [0.717, 1.165) is 15.6 Å². The summed E-state index contributed by atoms with van der Waals surface area (Å²) in [7, 11) is -0.951. The van der Waals surface area contributed by atoms with Crippen LogP contribution in [0.4, 0.5) is 5.69 Å². The highest BCUT2D eigenvalue weighted by Gasteiger charge is 2.07. The fourth-order valence-electron chi connectivity index (χ4n) is 2.26. The minimum Gasteiger partial charge on any atom is -0.398 e. The lowest BCUT2D eigenvalue weighted by atomic mass is 10.1. The number of hydrogen-bond acceptors (Lipinski definition) is 2. The average molecular weight is 352 g/mol. The molecule has 2 aromatic rings. The second-order valence-corrected chi connectivity index (χ2v) is 7.44. The van der Waals surface area contributed by atoms with Gasteiger partial charge in [0.2, 0.25) is 0 Å². The van der Waals surface area contributed by atoms with Gasteiger partial charge in [-0.05, 0) is 37.1 Å². The molecule has 0 amide bonds. The van der Waals surface area contributed by atoms with E-state index >= 15 is 0 Å². The first-order valence-electron chi connectivity index (χ1n) is 6.40. The fourth-order valence-corrected chi connectivity index (χ4v) is 3.89. The highest BCUT2D eigenvalue weighted by Crippen LogP contribution is 2.21. The Labute approximate surface area is 131 Å². The maximum atomic E-state index is 12.3. The van der Waals surface area contributed by atoms with E-state index in [1.54, 1.807) is 0 Å². The van der Waals surface area contributed by atoms with Crippen molar-refractivity contribution in [1.82, 2.24) is 0 Å². The van der Waals surface area contributed by atoms with Crippen molar-refractivity contribution in [2.24, 2.45) is 0 Å². The largest absolute Gasteiger partial charge is 0.398 e. The van der Waals surface area contributed by atoms with E-state index in [0.29, 0.717) is 17.2 Å². The Morgan fingerprint density at radius 1 is 1.05 bits per heavy atom. The lowest BCUT2D eigenvalue weighted by molar-refractivity contribution is 0.682. The van der Waals surface area contributed by atoms with Crippen molar-refractivity contribution >= 4 is 32.4 Å². The minimum atomic E-state index is -0.951. The van der Waals surface area contributed by atoms with Crippen molar-refractivity contribution in [1.29, 1.82) is 0 Å². The van der Waals surface area contributed by atoms with Crippen LogP contribution in [0.3, 0.4) is 0 Å². The molecular formula is C16H18BrNOS. The molecule has 0 saturated heterocycles. The number of rotatable bonds is 4. The summed E-state index contributed by atoms with van der Waals surface area (Å²) in [6.07, 6.45) is 0. The number of halogens is 1. The molecule has 0 spiro atoms. The summed E-state index contributed by atoms with van der Waals surface area (Å²) in [5.74, 6) is 1.06. The zero-order chi connectivity index (χ0) is 14.7. The van der Waals surface area contributed by atoms with E-state index in [1.165, 1.54) is 11.1 Å². The fraction of sp³-hybridized carbons (Fsp3) is 0.250. The van der Waals surface area contributed by atoms with Gasteiger partial charge in [-0.3, -0.25) is 4.21 Å². The zero-order valence-electron chi connectivity index (χ0n) is 11.7. The molecule has 0 aliphatic carbocycles. The lowest BCUT2D eigenvalue weighted by Crippen LogP contribution is -2.03. The van der Waals surface area contributed by atoms with Gasteiger partial charge in [0.15, 0.2) is 0 Å². The van der Waals surface area contributed by atoms with Crippen molar-refractivity contribution in [3.8, 4) is 0 Å². The third kappa shape index (κ3) is 4.18. The van der Waals surface area contributed by atoms with Crippen molar-refractivity contribution < 1.29 is 4.21 Å². The van der Waals surface area contributed by atoms with Crippen LogP contribution in [0.1, 0.15) is 22.3 Å². The minimum absolute atomic E-state index is 0.492. The van der Waals surface area contributed by atoms with Crippen LogP contribution in [0.15, 0.2) is 40.9 Å². The molecule has 0 heterocycles. The topological polar surface area (TPSA) is 43.1 Å². The standard InChI is InChI=1S/C16H18BrNOS/c1-11-5-12(2)7-13(6-11)9-20(19)10-14-3-4-15(17)8-16(14)18/h3-8H,9-10,18H2,1-2H3. The van der Waals surface area contributed by atoms with E-state index < -0.39 is 10.8 Å². The number of nitrogen functional groups attached to an aromatic ring is 1. The Morgan fingerprint density at radius 2 is 1.70 bits per heavy atom. The zero-order valence-corrected chi connectivity index (χ0v) is 14.1. The molecule has 1 atom stereocenters. The molecule has 20 heavy (non-hydrogen) atoms. The summed E-state index contributed by atoms with van der Waals surface area (Å²) in [6.45, 7) is 4.12. The first kappa shape index (κ1) is 15.3. The van der Waals surface area contributed by atoms with Crippen LogP contribution < -0.4 is 5.73 Å². The van der Waals surface area contributed by atoms with Crippen molar-refractivity contribution in [2.75, 3.05) is 5.73 Å². The van der Waals surface area contributed by atoms with Gasteiger partial charge in [0.25, 0.3) is 0 Å². The highest BCUT2D eigenvalue weighted by molar-refractivity contribution is 9.10. The second kappa shape index (κ2) is 6.55. The Morgan fingerprint density at radius 3 is 2.30 bits per heavy atom. The smallest absolute Gasteiger partial charge is 0.0509 e. The molecule has 2 N–H and O–H groups in total. The van der Waals surface area contributed by atoms with Crippen LogP contribution >= 0.6 is 15.9 Å². The van der Waals surface area contributed by atoms with Gasteiger partial charge in [-0.25, -0.2) is 0 Å². The molecule has 0 bridgehead atoms. The lowest BCUT2D eigenvalue weighted by Gasteiger charge is -2.08. The molecule has 0 saturated carbocycles. The number of hydrogen-bond donors (Lipinski definition) is 1. The second-order valence-electron chi connectivity index (χ2n) is 5.07. The molecule has 106 valence electrons. The van der Waals surface area contributed by atoms with Crippen molar-refractivity contribution in [2.45, 2.75) is 25.4 Å². The van der Waals surface area contributed by atoms with Gasteiger partial charge in [0.05, 0.1) is 5.75 Å². The highest BCUT2D eigenvalue weighted by atomic mass is 79.9.